The molecule has 1 heterocycles. The molecule has 0 saturated carbocycles. The fourth-order valence-corrected chi connectivity index (χ4v) is 2.74. The molecule has 3 aromatic rings. The van der Waals surface area contributed by atoms with Gasteiger partial charge in [-0.1, -0.05) is 60.7 Å². The molecule has 1 aliphatic rings. The van der Waals surface area contributed by atoms with E-state index in [-0.39, 0.29) is 17.1 Å². The zero-order valence-corrected chi connectivity index (χ0v) is 20.5. The molecule has 1 aromatic heterocycles. The zero-order chi connectivity index (χ0) is 26.6. The Hall–Kier alpha value is -1.74. The summed E-state index contributed by atoms with van der Waals surface area (Å²) in [4.78, 5) is 0. The molecule has 2 aromatic carbocycles. The first-order valence-electron chi connectivity index (χ1n) is 9.22. The van der Waals surface area contributed by atoms with E-state index in [4.69, 9.17) is 0 Å². The topological polar surface area (TPSA) is 4.93 Å². The van der Waals surface area contributed by atoms with Crippen molar-refractivity contribution >= 4 is 37.4 Å². The van der Waals surface area contributed by atoms with Gasteiger partial charge in [0.05, 0.1) is 0 Å². The summed E-state index contributed by atoms with van der Waals surface area (Å²) in [6, 6.07) is 17.2. The fraction of sp³-hybridized carbons (Fsp3) is 0.158. The van der Waals surface area contributed by atoms with Crippen LogP contribution < -0.4 is 0 Å². The summed E-state index contributed by atoms with van der Waals surface area (Å²) in [6.45, 7) is 3.22. The number of para-hydroxylation sites is 2. The van der Waals surface area contributed by atoms with Gasteiger partial charge in [-0.05, 0) is 25.5 Å². The van der Waals surface area contributed by atoms with Gasteiger partial charge in [0.1, 0.15) is 0 Å². The Kier molecular flexibility index (Phi) is 9.14. The van der Waals surface area contributed by atoms with E-state index in [1.54, 1.807) is 0 Å². The second-order valence-electron chi connectivity index (χ2n) is 6.79. The Morgan fingerprint density at radius 1 is 0.600 bits per heavy atom. The van der Waals surface area contributed by atoms with E-state index in [1.165, 1.54) is 21.8 Å². The zero-order valence-electron chi connectivity index (χ0n) is 17.6. The van der Waals surface area contributed by atoms with Crippen molar-refractivity contribution in [3.05, 3.63) is 72.8 Å². The third-order valence-corrected chi connectivity index (χ3v) is 3.65. The van der Waals surface area contributed by atoms with Gasteiger partial charge in [0.15, 0.2) is 0 Å². The van der Waals surface area contributed by atoms with Gasteiger partial charge in [0, 0.05) is 28.4 Å². The molecule has 0 N–H and O–H groups in total. The first-order chi connectivity index (χ1) is 14.8. The third-order valence-electron chi connectivity index (χ3n) is 3.65. The molecule has 0 fully saturated rings. The Morgan fingerprint density at radius 2 is 0.886 bits per heavy atom. The van der Waals surface area contributed by atoms with E-state index >= 15 is 0 Å². The Bertz CT molecular complexity index is 1080. The first kappa shape index (κ1) is 33.3. The summed E-state index contributed by atoms with van der Waals surface area (Å²) < 4.78 is 121. The quantitative estimate of drug-likeness (QED) is 0.147. The van der Waals surface area contributed by atoms with Gasteiger partial charge in [0.2, 0.25) is 0 Å². The Morgan fingerprint density at radius 3 is 1.11 bits per heavy atom. The number of allylic oxidation sites excluding steroid dienone is 4. The van der Waals surface area contributed by atoms with E-state index in [0.29, 0.717) is 0 Å². The van der Waals surface area contributed by atoms with Crippen LogP contribution in [0, 0.1) is 0 Å². The first-order valence-corrected chi connectivity index (χ1v) is 13.3. The summed E-state index contributed by atoms with van der Waals surface area (Å²) in [7, 11) is -21.3. The van der Waals surface area contributed by atoms with Crippen LogP contribution in [0.1, 0.15) is 13.3 Å². The third kappa shape index (κ3) is 19.2. The number of rotatable bonds is 1. The molecule has 0 amide bonds. The van der Waals surface area contributed by atoms with Crippen LogP contribution in [0.3, 0.4) is 0 Å². The molecule has 1 aliphatic carbocycles. The van der Waals surface area contributed by atoms with Crippen molar-refractivity contribution in [2.24, 2.45) is 0 Å². The summed E-state index contributed by atoms with van der Waals surface area (Å²) in [5.74, 6) is 0. The summed E-state index contributed by atoms with van der Waals surface area (Å²) >= 11 is 0. The maximum atomic E-state index is 9.87. The second kappa shape index (κ2) is 9.61. The van der Waals surface area contributed by atoms with Crippen LogP contribution in [-0.4, -0.2) is 4.57 Å². The van der Waals surface area contributed by atoms with Crippen molar-refractivity contribution in [2.45, 2.75) is 19.9 Å². The van der Waals surface area contributed by atoms with Crippen molar-refractivity contribution in [1.82, 2.24) is 4.57 Å². The summed E-state index contributed by atoms with van der Waals surface area (Å²) in [5, 5.41) is 2.71. The van der Waals surface area contributed by atoms with Crippen LogP contribution in [-0.2, 0) is 23.6 Å². The van der Waals surface area contributed by atoms with Crippen molar-refractivity contribution in [3.63, 3.8) is 0 Å². The maximum absolute atomic E-state index is 10.7. The summed E-state index contributed by atoms with van der Waals surface area (Å²) in [5.41, 5.74) is 2.67. The molecule has 0 bridgehead atoms. The molecular weight excluding hydrogens is 588 g/mol. The van der Waals surface area contributed by atoms with E-state index in [0.717, 1.165) is 13.0 Å². The summed E-state index contributed by atoms with van der Waals surface area (Å²) in [6.07, 6.45) is 9.50. The van der Waals surface area contributed by atoms with Crippen LogP contribution in [0.15, 0.2) is 72.8 Å². The Labute approximate surface area is 202 Å². The van der Waals surface area contributed by atoms with Gasteiger partial charge in [-0.15, -0.1) is 0 Å². The molecule has 16 heteroatoms. The number of nitrogens with zero attached hydrogens (tertiary/aromatic N) is 1. The van der Waals surface area contributed by atoms with Crippen molar-refractivity contribution in [3.8, 4) is 0 Å². The number of hydrogen-bond acceptors (Lipinski definition) is 0. The average Bonchev–Trinajstić information content (AvgIpc) is 3.26. The minimum absolute atomic E-state index is 0. The largest absolute Gasteiger partial charge is 2.00 e. The minimum atomic E-state index is -10.7. The normalized spacial score (nSPS) is 16.6. The van der Waals surface area contributed by atoms with E-state index in [1.807, 2.05) is 0 Å². The van der Waals surface area contributed by atoms with Crippen LogP contribution in [0.4, 0.5) is 50.4 Å². The predicted molar refractivity (Wildman–Crippen MR) is 115 cm³/mol. The number of aromatic nitrogens is 1. The van der Waals surface area contributed by atoms with Crippen LogP contribution >= 0.6 is 15.6 Å². The van der Waals surface area contributed by atoms with Gasteiger partial charge in [0.25, 0.3) is 0 Å². The van der Waals surface area contributed by atoms with E-state index in [9.17, 15) is 50.4 Å². The molecule has 202 valence electrons. The molecule has 0 spiro atoms. The molecule has 4 rings (SSSR count). The van der Waals surface area contributed by atoms with Crippen LogP contribution in [0.5, 0.6) is 0 Å². The maximum Gasteiger partial charge on any atom is 2.00 e. The standard InChI is InChI=1S/C14H13N.C5H6.2F6P.Fe/c1-2-15-13-9-5-3-7-11(13)12-8-4-6-10-14(12)15;1-2-4-5-3-1;2*1-7(2,3,4,5)6;/h3-10H,2H2,1H3;1-4H,5H2;;;/q;;2*-1;+2. The van der Waals surface area contributed by atoms with Crippen LogP contribution in [0.2, 0.25) is 0 Å². The van der Waals surface area contributed by atoms with Gasteiger partial charge in [-0.2, -0.15) is 0 Å². The van der Waals surface area contributed by atoms with Gasteiger partial charge in [-0.3, -0.25) is 0 Å². The van der Waals surface area contributed by atoms with Gasteiger partial charge >= 0.3 is 83.0 Å². The number of benzene rings is 2. The molecule has 0 aliphatic heterocycles. The SMILES string of the molecule is C1=CCC=C1.CCn1c2ccccc2c2ccccc21.F[P-](F)(F)(F)(F)F.F[P-](F)(F)(F)(F)F.[Fe+2]. The molecule has 0 atom stereocenters. The number of hydrogen-bond donors (Lipinski definition) is 0. The Balaban J connectivity index is 0.000000491. The van der Waals surface area contributed by atoms with Crippen LogP contribution in [0.25, 0.3) is 21.8 Å². The van der Waals surface area contributed by atoms with E-state index < -0.39 is 15.6 Å². The molecule has 0 unspecified atom stereocenters. The molecule has 0 radical (unpaired) electrons. The smallest absolute Gasteiger partial charge is 2.00 e. The van der Waals surface area contributed by atoms with Crippen molar-refractivity contribution in [1.29, 1.82) is 0 Å². The monoisotopic (exact) mass is 607 g/mol. The predicted octanol–water partition coefficient (Wildman–Crippen LogP) is 12.1. The van der Waals surface area contributed by atoms with Crippen molar-refractivity contribution in [2.75, 3.05) is 0 Å². The fourth-order valence-electron chi connectivity index (χ4n) is 2.74. The van der Waals surface area contributed by atoms with Crippen molar-refractivity contribution < 1.29 is 67.4 Å². The molecule has 1 nitrogen and oxygen atoms in total. The number of halogens is 12. The van der Waals surface area contributed by atoms with Gasteiger partial charge in [-0.25, -0.2) is 0 Å². The molecule has 0 saturated heterocycles. The number of aryl methyl sites for hydroxylation is 1. The molecule has 35 heavy (non-hydrogen) atoms. The van der Waals surface area contributed by atoms with E-state index in [2.05, 4.69) is 84.3 Å². The number of fused-ring (bicyclic) bond motifs is 3. The van der Waals surface area contributed by atoms with Gasteiger partial charge < -0.3 is 4.57 Å². The second-order valence-corrected chi connectivity index (χ2v) is 10.6. The minimum Gasteiger partial charge on any atom is 2.00 e. The average molecular weight is 607 g/mol. The molecular formula is C19H19F12FeNP2.